The van der Waals surface area contributed by atoms with Gasteiger partial charge >= 0.3 is 0 Å². The Balaban J connectivity index is 2.03. The van der Waals surface area contributed by atoms with Crippen molar-refractivity contribution in [2.75, 3.05) is 0 Å². The van der Waals surface area contributed by atoms with Gasteiger partial charge in [0, 0.05) is 43.1 Å². The Morgan fingerprint density at radius 3 is 2.74 bits per heavy atom. The molecule has 0 fully saturated rings. The summed E-state index contributed by atoms with van der Waals surface area (Å²) >= 11 is 3.60. The van der Waals surface area contributed by atoms with E-state index in [2.05, 4.69) is 86.1 Å². The van der Waals surface area contributed by atoms with Crippen LogP contribution in [0.15, 0.2) is 65.3 Å². The molecule has 0 spiro atoms. The molecule has 3 heterocycles. The highest BCUT2D eigenvalue weighted by atomic mass is 79.9. The van der Waals surface area contributed by atoms with Gasteiger partial charge in [0.1, 0.15) is 0 Å². The minimum absolute atomic E-state index is 1.11. The normalized spacial score (nSPS) is 12.6. The number of nitrogens with one attached hydrogen (secondary N) is 1. The smallest absolute Gasteiger partial charge is 0.0629 e. The SMILES string of the molecule is Brc1ccc2[nH]c3c(cc4ccn5c6ccccc6c3c45)c2c1. The fourth-order valence-corrected chi connectivity index (χ4v) is 4.35. The number of nitrogens with zero attached hydrogens (tertiary/aromatic N) is 1. The van der Waals surface area contributed by atoms with Gasteiger partial charge in [-0.2, -0.15) is 0 Å². The van der Waals surface area contributed by atoms with E-state index in [4.69, 9.17) is 0 Å². The summed E-state index contributed by atoms with van der Waals surface area (Å²) in [5, 5.41) is 6.49. The van der Waals surface area contributed by atoms with E-state index >= 15 is 0 Å². The van der Waals surface area contributed by atoms with Gasteiger partial charge in [-0.1, -0.05) is 34.1 Å². The van der Waals surface area contributed by atoms with E-state index in [9.17, 15) is 0 Å². The van der Waals surface area contributed by atoms with Gasteiger partial charge in [-0.3, -0.25) is 0 Å². The monoisotopic (exact) mass is 358 g/mol. The van der Waals surface area contributed by atoms with Crippen LogP contribution in [0.4, 0.5) is 0 Å². The fraction of sp³-hybridized carbons (Fsp3) is 0. The van der Waals surface area contributed by atoms with Crippen molar-refractivity contribution in [2.24, 2.45) is 0 Å². The third kappa shape index (κ3) is 1.35. The molecule has 0 bridgehead atoms. The van der Waals surface area contributed by atoms with E-state index in [0.29, 0.717) is 0 Å². The molecule has 0 saturated carbocycles. The predicted octanol–water partition coefficient (Wildman–Crippen LogP) is 6.08. The van der Waals surface area contributed by atoms with E-state index < -0.39 is 0 Å². The second-order valence-corrected chi connectivity index (χ2v) is 7.05. The molecular weight excluding hydrogens is 348 g/mol. The Kier molecular flexibility index (Phi) is 2.01. The minimum Gasteiger partial charge on any atom is -0.354 e. The third-order valence-corrected chi connectivity index (χ3v) is 5.43. The zero-order valence-electron chi connectivity index (χ0n) is 12.1. The van der Waals surface area contributed by atoms with E-state index in [1.165, 1.54) is 49.0 Å². The maximum absolute atomic E-state index is 3.65. The predicted molar refractivity (Wildman–Crippen MR) is 101 cm³/mol. The van der Waals surface area contributed by atoms with Gasteiger partial charge in [0.2, 0.25) is 0 Å². The first-order valence-corrected chi connectivity index (χ1v) is 8.45. The summed E-state index contributed by atoms with van der Waals surface area (Å²) in [6.45, 7) is 0. The molecule has 0 aliphatic carbocycles. The molecule has 0 aliphatic rings. The summed E-state index contributed by atoms with van der Waals surface area (Å²) < 4.78 is 3.42. The number of halogens is 1. The van der Waals surface area contributed by atoms with Crippen LogP contribution >= 0.6 is 15.9 Å². The number of aromatic nitrogens is 2. The molecule has 6 rings (SSSR count). The summed E-state index contributed by atoms with van der Waals surface area (Å²) in [5.74, 6) is 0. The lowest BCUT2D eigenvalue weighted by Gasteiger charge is -1.97. The maximum atomic E-state index is 3.65. The molecule has 0 saturated heterocycles. The van der Waals surface area contributed by atoms with Crippen LogP contribution in [-0.2, 0) is 0 Å². The molecule has 3 heteroatoms. The van der Waals surface area contributed by atoms with Crippen molar-refractivity contribution < 1.29 is 0 Å². The lowest BCUT2D eigenvalue weighted by atomic mass is 10.1. The molecule has 108 valence electrons. The molecule has 3 aromatic heterocycles. The number of benzene rings is 3. The quantitative estimate of drug-likeness (QED) is 0.339. The summed E-state index contributed by atoms with van der Waals surface area (Å²) in [5.41, 5.74) is 4.99. The van der Waals surface area contributed by atoms with E-state index in [0.717, 1.165) is 4.47 Å². The topological polar surface area (TPSA) is 20.2 Å². The second-order valence-electron chi connectivity index (χ2n) is 6.13. The van der Waals surface area contributed by atoms with Crippen molar-refractivity contribution in [3.8, 4) is 0 Å². The minimum atomic E-state index is 1.11. The van der Waals surface area contributed by atoms with E-state index in [-0.39, 0.29) is 0 Å². The lowest BCUT2D eigenvalue weighted by molar-refractivity contribution is 1.30. The van der Waals surface area contributed by atoms with Crippen LogP contribution in [0.1, 0.15) is 0 Å². The van der Waals surface area contributed by atoms with Crippen molar-refractivity contribution in [1.82, 2.24) is 9.38 Å². The lowest BCUT2D eigenvalue weighted by Crippen LogP contribution is -1.75. The third-order valence-electron chi connectivity index (χ3n) is 4.94. The molecule has 0 unspecified atom stereocenters. The summed E-state index contributed by atoms with van der Waals surface area (Å²) in [6, 6.07) is 19.6. The maximum Gasteiger partial charge on any atom is 0.0629 e. The van der Waals surface area contributed by atoms with Crippen LogP contribution in [0.2, 0.25) is 0 Å². The molecule has 0 amide bonds. The number of hydrogen-bond donors (Lipinski definition) is 1. The van der Waals surface area contributed by atoms with Gasteiger partial charge < -0.3 is 9.38 Å². The van der Waals surface area contributed by atoms with Crippen molar-refractivity contribution in [2.45, 2.75) is 0 Å². The first kappa shape index (κ1) is 12.0. The number of H-pyrrole nitrogens is 1. The van der Waals surface area contributed by atoms with Crippen molar-refractivity contribution in [1.29, 1.82) is 0 Å². The van der Waals surface area contributed by atoms with Crippen LogP contribution in [-0.4, -0.2) is 9.38 Å². The van der Waals surface area contributed by atoms with Crippen LogP contribution in [0.25, 0.3) is 49.0 Å². The first-order chi connectivity index (χ1) is 11.3. The van der Waals surface area contributed by atoms with Gasteiger partial charge in [0.25, 0.3) is 0 Å². The largest absolute Gasteiger partial charge is 0.354 e. The molecule has 23 heavy (non-hydrogen) atoms. The zero-order valence-corrected chi connectivity index (χ0v) is 13.7. The Labute approximate surface area is 139 Å². The highest BCUT2D eigenvalue weighted by Crippen LogP contribution is 2.40. The molecule has 6 aromatic rings. The molecule has 2 nitrogen and oxygen atoms in total. The summed E-state index contributed by atoms with van der Waals surface area (Å²) in [4.78, 5) is 3.65. The highest BCUT2D eigenvalue weighted by molar-refractivity contribution is 9.10. The van der Waals surface area contributed by atoms with Gasteiger partial charge in [0.15, 0.2) is 0 Å². The molecule has 0 atom stereocenters. The van der Waals surface area contributed by atoms with E-state index in [1.807, 2.05) is 0 Å². The van der Waals surface area contributed by atoms with Gasteiger partial charge in [-0.15, -0.1) is 0 Å². The number of aromatic amines is 1. The summed E-state index contributed by atoms with van der Waals surface area (Å²) in [7, 11) is 0. The Hall–Kier alpha value is -2.52. The van der Waals surface area contributed by atoms with Gasteiger partial charge in [-0.05, 0) is 36.4 Å². The Morgan fingerprint density at radius 1 is 0.870 bits per heavy atom. The van der Waals surface area contributed by atoms with Crippen molar-refractivity contribution in [3.63, 3.8) is 0 Å². The molecule has 0 radical (unpaired) electrons. The molecule has 3 aromatic carbocycles. The second kappa shape index (κ2) is 3.87. The average molecular weight is 359 g/mol. The van der Waals surface area contributed by atoms with Crippen LogP contribution in [0.3, 0.4) is 0 Å². The first-order valence-electron chi connectivity index (χ1n) is 7.66. The van der Waals surface area contributed by atoms with Crippen molar-refractivity contribution >= 4 is 64.9 Å². The fourth-order valence-electron chi connectivity index (χ4n) is 3.99. The number of hydrogen-bond acceptors (Lipinski definition) is 0. The Morgan fingerprint density at radius 2 is 1.78 bits per heavy atom. The Bertz CT molecular complexity index is 1370. The van der Waals surface area contributed by atoms with Gasteiger partial charge in [0.05, 0.1) is 16.6 Å². The van der Waals surface area contributed by atoms with Crippen LogP contribution in [0, 0.1) is 0 Å². The summed E-state index contributed by atoms with van der Waals surface area (Å²) in [6.07, 6.45) is 2.18. The van der Waals surface area contributed by atoms with Gasteiger partial charge in [-0.25, -0.2) is 0 Å². The van der Waals surface area contributed by atoms with Crippen LogP contribution in [0.5, 0.6) is 0 Å². The highest BCUT2D eigenvalue weighted by Gasteiger charge is 2.17. The number of rotatable bonds is 0. The standard InChI is InChI=1S/C20H11BrN2/c21-12-5-6-16-14(10-12)15-9-11-7-8-23-17-4-2-1-3-13(17)18(20(11)23)19(15)22-16/h1-10,22H. The van der Waals surface area contributed by atoms with Crippen LogP contribution < -0.4 is 0 Å². The zero-order chi connectivity index (χ0) is 15.1. The number of para-hydroxylation sites is 1. The average Bonchev–Trinajstić information content (AvgIpc) is 3.22. The molecular formula is C20H11BrN2. The molecule has 0 aliphatic heterocycles. The molecule has 1 N–H and O–H groups in total. The van der Waals surface area contributed by atoms with Crippen molar-refractivity contribution in [3.05, 3.63) is 65.3 Å². The van der Waals surface area contributed by atoms with E-state index in [1.54, 1.807) is 0 Å². The number of fused-ring (bicyclic) bond motifs is 7.